The van der Waals surface area contributed by atoms with Crippen molar-refractivity contribution in [3.63, 3.8) is 0 Å². The average molecular weight is 262 g/mol. The molecule has 0 saturated heterocycles. The van der Waals surface area contributed by atoms with Gasteiger partial charge in [-0.25, -0.2) is 0 Å². The molecule has 0 radical (unpaired) electrons. The van der Waals surface area contributed by atoms with E-state index in [0.29, 0.717) is 10.5 Å². The van der Waals surface area contributed by atoms with Gasteiger partial charge in [0, 0.05) is 17.1 Å². The molecule has 16 heavy (non-hydrogen) atoms. The zero-order chi connectivity index (χ0) is 12.6. The summed E-state index contributed by atoms with van der Waals surface area (Å²) in [5.74, 6) is 0.619. The Morgan fingerprint density at radius 1 is 1.31 bits per heavy atom. The lowest BCUT2D eigenvalue weighted by atomic mass is 9.97. The molecule has 0 spiro atoms. The lowest BCUT2D eigenvalue weighted by Crippen LogP contribution is -2.17. The normalized spacial score (nSPS) is 15.1. The lowest BCUT2D eigenvalue weighted by molar-refractivity contribution is -0.122. The quantitative estimate of drug-likeness (QED) is 0.432. The van der Waals surface area contributed by atoms with Crippen LogP contribution in [-0.4, -0.2) is 16.8 Å². The standard InChI is InChI=1S/C13H26OS2/c1-6-13(4,16-15-5)10-8-7-9-12(14)11(2)3/h11H,6-10H2,1-5H3. The predicted octanol–water partition coefficient (Wildman–Crippen LogP) is 4.95. The maximum atomic E-state index is 11.5. The molecule has 1 nitrogen and oxygen atoms in total. The van der Waals surface area contributed by atoms with Crippen molar-refractivity contribution < 1.29 is 4.79 Å². The summed E-state index contributed by atoms with van der Waals surface area (Å²) < 4.78 is 0.389. The van der Waals surface area contributed by atoms with E-state index in [2.05, 4.69) is 20.1 Å². The molecule has 0 N–H and O–H groups in total. The van der Waals surface area contributed by atoms with Crippen molar-refractivity contribution in [2.45, 2.75) is 64.5 Å². The van der Waals surface area contributed by atoms with Gasteiger partial charge < -0.3 is 0 Å². The van der Waals surface area contributed by atoms with Crippen LogP contribution in [0.25, 0.3) is 0 Å². The third kappa shape index (κ3) is 6.85. The Hall–Kier alpha value is 0.370. The molecule has 0 amide bonds. The first-order chi connectivity index (χ1) is 7.45. The third-order valence-electron chi connectivity index (χ3n) is 3.06. The van der Waals surface area contributed by atoms with Crippen molar-refractivity contribution in [2.24, 2.45) is 5.92 Å². The van der Waals surface area contributed by atoms with E-state index >= 15 is 0 Å². The van der Waals surface area contributed by atoms with E-state index in [1.165, 1.54) is 19.3 Å². The van der Waals surface area contributed by atoms with Crippen LogP contribution in [0.4, 0.5) is 0 Å². The number of hydrogen-bond acceptors (Lipinski definition) is 3. The van der Waals surface area contributed by atoms with Crippen LogP contribution in [0, 0.1) is 5.92 Å². The topological polar surface area (TPSA) is 17.1 Å². The summed E-state index contributed by atoms with van der Waals surface area (Å²) in [5, 5.41) is 0. The summed E-state index contributed by atoms with van der Waals surface area (Å²) in [6.45, 7) is 8.56. The molecule has 0 aromatic carbocycles. The van der Waals surface area contributed by atoms with Gasteiger partial charge >= 0.3 is 0 Å². The van der Waals surface area contributed by atoms with E-state index in [-0.39, 0.29) is 5.92 Å². The van der Waals surface area contributed by atoms with Gasteiger partial charge in [0.15, 0.2) is 0 Å². The summed E-state index contributed by atoms with van der Waals surface area (Å²) in [5.41, 5.74) is 0. The Morgan fingerprint density at radius 3 is 2.38 bits per heavy atom. The van der Waals surface area contributed by atoms with Gasteiger partial charge in [-0.05, 0) is 32.4 Å². The number of carbonyl (C=O) groups is 1. The lowest BCUT2D eigenvalue weighted by Gasteiger charge is -2.26. The van der Waals surface area contributed by atoms with Crippen molar-refractivity contribution >= 4 is 27.4 Å². The highest BCUT2D eigenvalue weighted by Crippen LogP contribution is 2.40. The van der Waals surface area contributed by atoms with Gasteiger partial charge in [-0.15, -0.1) is 0 Å². The van der Waals surface area contributed by atoms with E-state index in [1.807, 2.05) is 35.4 Å². The number of ketones is 1. The average Bonchev–Trinajstić information content (AvgIpc) is 2.24. The molecule has 1 atom stereocenters. The third-order valence-corrected chi connectivity index (χ3v) is 5.82. The number of rotatable bonds is 9. The van der Waals surface area contributed by atoms with Gasteiger partial charge in [-0.3, -0.25) is 4.79 Å². The molecular formula is C13H26OS2. The molecule has 0 aromatic rings. The Bertz CT molecular complexity index is 204. The summed E-state index contributed by atoms with van der Waals surface area (Å²) in [6, 6.07) is 0. The van der Waals surface area contributed by atoms with E-state index in [4.69, 9.17) is 0 Å². The first-order valence-corrected chi connectivity index (χ1v) is 8.75. The molecular weight excluding hydrogens is 236 g/mol. The van der Waals surface area contributed by atoms with Crippen molar-refractivity contribution in [3.8, 4) is 0 Å². The zero-order valence-electron chi connectivity index (χ0n) is 11.3. The molecule has 0 aliphatic rings. The van der Waals surface area contributed by atoms with E-state index < -0.39 is 0 Å². The molecule has 0 bridgehead atoms. The minimum absolute atomic E-state index is 0.207. The van der Waals surface area contributed by atoms with Crippen molar-refractivity contribution in [3.05, 3.63) is 0 Å². The molecule has 0 aliphatic heterocycles. The van der Waals surface area contributed by atoms with Crippen molar-refractivity contribution in [1.82, 2.24) is 0 Å². The van der Waals surface area contributed by atoms with E-state index in [0.717, 1.165) is 12.8 Å². The Morgan fingerprint density at radius 2 is 1.94 bits per heavy atom. The van der Waals surface area contributed by atoms with Gasteiger partial charge in [0.25, 0.3) is 0 Å². The van der Waals surface area contributed by atoms with E-state index in [1.54, 1.807) is 0 Å². The number of unbranched alkanes of at least 4 members (excludes halogenated alkanes) is 1. The highest BCUT2D eigenvalue weighted by atomic mass is 33.1. The van der Waals surface area contributed by atoms with Crippen LogP contribution in [0.1, 0.15) is 59.8 Å². The Kier molecular flexibility index (Phi) is 8.65. The molecule has 1 unspecified atom stereocenters. The predicted molar refractivity (Wildman–Crippen MR) is 78.1 cm³/mol. The molecule has 96 valence electrons. The van der Waals surface area contributed by atoms with Crippen LogP contribution in [0.5, 0.6) is 0 Å². The fourth-order valence-electron chi connectivity index (χ4n) is 1.57. The Labute approximate surface area is 109 Å². The van der Waals surface area contributed by atoms with Crippen molar-refractivity contribution in [2.75, 3.05) is 6.26 Å². The van der Waals surface area contributed by atoms with E-state index in [9.17, 15) is 4.79 Å². The molecule has 0 rings (SSSR count). The van der Waals surface area contributed by atoms with Gasteiger partial charge in [0.05, 0.1) is 0 Å². The largest absolute Gasteiger partial charge is 0.299 e. The Balaban J connectivity index is 3.75. The summed E-state index contributed by atoms with van der Waals surface area (Å²) in [4.78, 5) is 11.5. The molecule has 0 fully saturated rings. The second-order valence-corrected chi connectivity index (χ2v) is 7.87. The minimum atomic E-state index is 0.207. The highest BCUT2D eigenvalue weighted by molar-refractivity contribution is 8.76. The van der Waals surface area contributed by atoms with Crippen molar-refractivity contribution in [1.29, 1.82) is 0 Å². The minimum Gasteiger partial charge on any atom is -0.299 e. The molecule has 0 aromatic heterocycles. The summed E-state index contributed by atoms with van der Waals surface area (Å²) in [7, 11) is 3.83. The fourth-order valence-corrected chi connectivity index (χ4v) is 4.12. The van der Waals surface area contributed by atoms with Gasteiger partial charge in [-0.1, -0.05) is 48.8 Å². The zero-order valence-corrected chi connectivity index (χ0v) is 13.0. The monoisotopic (exact) mass is 262 g/mol. The first kappa shape index (κ1) is 16.4. The maximum Gasteiger partial charge on any atom is 0.135 e. The molecule has 0 saturated carbocycles. The van der Waals surface area contributed by atoms with Crippen LogP contribution < -0.4 is 0 Å². The van der Waals surface area contributed by atoms with Gasteiger partial charge in [-0.2, -0.15) is 0 Å². The smallest absolute Gasteiger partial charge is 0.135 e. The number of carbonyl (C=O) groups excluding carboxylic acids is 1. The van der Waals surface area contributed by atoms with Crippen LogP contribution in [0.2, 0.25) is 0 Å². The second kappa shape index (κ2) is 8.46. The van der Waals surface area contributed by atoms with Crippen LogP contribution >= 0.6 is 21.6 Å². The second-order valence-electron chi connectivity index (χ2n) is 4.88. The van der Waals surface area contributed by atoms with Crippen LogP contribution in [0.3, 0.4) is 0 Å². The van der Waals surface area contributed by atoms with Gasteiger partial charge in [0.1, 0.15) is 5.78 Å². The number of hydrogen-bond donors (Lipinski definition) is 0. The van der Waals surface area contributed by atoms with Gasteiger partial charge in [0.2, 0.25) is 0 Å². The maximum absolute atomic E-state index is 11.5. The fraction of sp³-hybridized carbons (Fsp3) is 0.923. The SMILES string of the molecule is CCC(C)(CCCCC(=O)C(C)C)SSC. The summed E-state index contributed by atoms with van der Waals surface area (Å²) >= 11 is 0. The molecule has 0 aliphatic carbocycles. The molecule has 0 heterocycles. The first-order valence-electron chi connectivity index (χ1n) is 6.19. The number of Topliss-reactive ketones (excluding diaryl/α,β-unsaturated/α-hetero) is 1. The van der Waals surface area contributed by atoms with Crippen LogP contribution in [-0.2, 0) is 4.79 Å². The summed E-state index contributed by atoms with van der Waals surface area (Å²) in [6.07, 6.45) is 7.57. The van der Waals surface area contributed by atoms with Crippen LogP contribution in [0.15, 0.2) is 0 Å². The molecule has 3 heteroatoms. The highest BCUT2D eigenvalue weighted by Gasteiger charge is 2.21.